The molecule has 0 bridgehead atoms. The van der Waals surface area contributed by atoms with Crippen LogP contribution in [0.3, 0.4) is 0 Å². The molecule has 0 unspecified atom stereocenters. The number of imidazole rings is 2. The zero-order chi connectivity index (χ0) is 17.7. The molecule has 5 aromatic rings. The van der Waals surface area contributed by atoms with E-state index in [9.17, 15) is 0 Å². The van der Waals surface area contributed by atoms with E-state index in [0.29, 0.717) is 17.5 Å². The van der Waals surface area contributed by atoms with Crippen LogP contribution in [-0.2, 0) is 0 Å². The van der Waals surface area contributed by atoms with Crippen molar-refractivity contribution >= 4 is 22.1 Å². The maximum Gasteiger partial charge on any atom is 0.198 e. The van der Waals surface area contributed by atoms with Crippen LogP contribution in [0, 0.1) is 13.8 Å². The highest BCUT2D eigenvalue weighted by Gasteiger charge is 2.10. The second-order valence-corrected chi connectivity index (χ2v) is 6.23. The number of hydrogen-bond donors (Lipinski definition) is 2. The lowest BCUT2D eigenvalue weighted by Gasteiger charge is -2.01. The Morgan fingerprint density at radius 2 is 1.42 bits per heavy atom. The largest absolute Gasteiger partial charge is 0.342 e. The van der Waals surface area contributed by atoms with Gasteiger partial charge in [0.05, 0.1) is 22.1 Å². The highest BCUT2D eigenvalue weighted by molar-refractivity contribution is 5.87. The molecule has 0 radical (unpaired) electrons. The summed E-state index contributed by atoms with van der Waals surface area (Å²) >= 11 is 0. The van der Waals surface area contributed by atoms with Gasteiger partial charge in [-0.2, -0.15) is 0 Å². The van der Waals surface area contributed by atoms with E-state index >= 15 is 0 Å². The van der Waals surface area contributed by atoms with E-state index in [0.717, 1.165) is 39.0 Å². The van der Waals surface area contributed by atoms with E-state index < -0.39 is 0 Å². The van der Waals surface area contributed by atoms with Gasteiger partial charge in [0.25, 0.3) is 0 Å². The van der Waals surface area contributed by atoms with Crippen molar-refractivity contribution in [3.63, 3.8) is 0 Å². The lowest BCUT2D eigenvalue weighted by atomic mass is 10.0. The van der Waals surface area contributed by atoms with Gasteiger partial charge in [0.15, 0.2) is 11.6 Å². The Morgan fingerprint density at radius 1 is 0.731 bits per heavy atom. The Kier molecular flexibility index (Phi) is 3.08. The summed E-state index contributed by atoms with van der Waals surface area (Å²) in [5, 5.41) is 0. The molecule has 0 aliphatic carbocycles. The Morgan fingerprint density at radius 3 is 2.15 bits per heavy atom. The van der Waals surface area contributed by atoms with Crippen molar-refractivity contribution in [3.8, 4) is 22.8 Å². The number of benzene rings is 2. The fraction of sp³-hybridized carbons (Fsp3) is 0.105. The van der Waals surface area contributed by atoms with Gasteiger partial charge in [-0.15, -0.1) is 0 Å². The lowest BCUT2D eigenvalue weighted by Crippen LogP contribution is -1.94. The van der Waals surface area contributed by atoms with Gasteiger partial charge in [-0.3, -0.25) is 0 Å². The van der Waals surface area contributed by atoms with E-state index in [-0.39, 0.29) is 0 Å². The van der Waals surface area contributed by atoms with Gasteiger partial charge in [0.1, 0.15) is 18.0 Å². The van der Waals surface area contributed by atoms with Crippen LogP contribution in [0.4, 0.5) is 0 Å². The maximum atomic E-state index is 4.59. The first-order chi connectivity index (χ1) is 12.7. The second kappa shape index (κ2) is 5.45. The number of nitrogens with zero attached hydrogens (tertiary/aromatic N) is 5. The average Bonchev–Trinajstić information content (AvgIpc) is 3.22. The van der Waals surface area contributed by atoms with Crippen LogP contribution in [0.25, 0.3) is 44.8 Å². The Labute approximate surface area is 148 Å². The molecule has 2 aromatic carbocycles. The first-order valence-electron chi connectivity index (χ1n) is 8.28. The Balaban J connectivity index is 1.60. The van der Waals surface area contributed by atoms with Crippen LogP contribution < -0.4 is 0 Å². The molecule has 7 nitrogen and oxygen atoms in total. The molecule has 3 aromatic heterocycles. The summed E-state index contributed by atoms with van der Waals surface area (Å²) in [6.07, 6.45) is 1.50. The highest BCUT2D eigenvalue weighted by atomic mass is 15.1. The summed E-state index contributed by atoms with van der Waals surface area (Å²) in [4.78, 5) is 28.2. The van der Waals surface area contributed by atoms with Crippen molar-refractivity contribution in [1.82, 2.24) is 34.9 Å². The zero-order valence-corrected chi connectivity index (χ0v) is 14.3. The molecule has 2 N–H and O–H groups in total. The SMILES string of the molecule is Cc1ncnc(-c2nc3ccc(-c4ccc5nc(C)[nH]c5c4)cc3[nH]2)n1. The van der Waals surface area contributed by atoms with Crippen LogP contribution in [0.15, 0.2) is 42.7 Å². The molecule has 126 valence electrons. The minimum Gasteiger partial charge on any atom is -0.342 e. The molecular formula is C19H15N7. The molecule has 0 saturated heterocycles. The van der Waals surface area contributed by atoms with E-state index in [4.69, 9.17) is 0 Å². The minimum absolute atomic E-state index is 0.546. The van der Waals surface area contributed by atoms with Gasteiger partial charge in [-0.1, -0.05) is 12.1 Å². The normalized spacial score (nSPS) is 11.5. The maximum absolute atomic E-state index is 4.59. The van der Waals surface area contributed by atoms with Gasteiger partial charge >= 0.3 is 0 Å². The molecule has 0 spiro atoms. The molecule has 0 aliphatic rings. The van der Waals surface area contributed by atoms with Crippen molar-refractivity contribution in [2.75, 3.05) is 0 Å². The van der Waals surface area contributed by atoms with E-state index in [2.05, 4.69) is 59.2 Å². The Hall–Kier alpha value is -3.61. The predicted octanol–water partition coefficient (Wildman–Crippen LogP) is 3.58. The summed E-state index contributed by atoms with van der Waals surface area (Å²) in [6.45, 7) is 3.79. The van der Waals surface area contributed by atoms with Crippen LogP contribution in [0.2, 0.25) is 0 Å². The quantitative estimate of drug-likeness (QED) is 0.512. The van der Waals surface area contributed by atoms with Gasteiger partial charge in [0, 0.05) is 0 Å². The fourth-order valence-electron chi connectivity index (χ4n) is 3.10. The first kappa shape index (κ1) is 14.7. The van der Waals surface area contributed by atoms with Gasteiger partial charge in [0.2, 0.25) is 0 Å². The Bertz CT molecular complexity index is 1270. The highest BCUT2D eigenvalue weighted by Crippen LogP contribution is 2.27. The molecular weight excluding hydrogens is 326 g/mol. The van der Waals surface area contributed by atoms with Crippen molar-refractivity contribution < 1.29 is 0 Å². The van der Waals surface area contributed by atoms with Gasteiger partial charge < -0.3 is 9.97 Å². The lowest BCUT2D eigenvalue weighted by molar-refractivity contribution is 0.970. The third kappa shape index (κ3) is 2.41. The third-order valence-corrected chi connectivity index (χ3v) is 4.32. The number of rotatable bonds is 2. The fourth-order valence-corrected chi connectivity index (χ4v) is 3.10. The third-order valence-electron chi connectivity index (χ3n) is 4.32. The number of fused-ring (bicyclic) bond motifs is 2. The average molecular weight is 341 g/mol. The number of hydrogen-bond acceptors (Lipinski definition) is 5. The van der Waals surface area contributed by atoms with Crippen molar-refractivity contribution in [1.29, 1.82) is 0 Å². The van der Waals surface area contributed by atoms with Crippen molar-refractivity contribution in [2.24, 2.45) is 0 Å². The molecule has 0 aliphatic heterocycles. The molecule has 5 rings (SSSR count). The number of nitrogens with one attached hydrogen (secondary N) is 2. The van der Waals surface area contributed by atoms with Crippen LogP contribution in [0.1, 0.15) is 11.6 Å². The number of aromatic nitrogens is 7. The van der Waals surface area contributed by atoms with Crippen LogP contribution in [-0.4, -0.2) is 34.9 Å². The monoisotopic (exact) mass is 341 g/mol. The molecule has 0 atom stereocenters. The molecule has 0 saturated carbocycles. The van der Waals surface area contributed by atoms with Crippen LogP contribution in [0.5, 0.6) is 0 Å². The standard InChI is InChI=1S/C19H15N7/c1-10-20-9-21-18(24-10)19-25-15-6-4-13(8-17(15)26-19)12-3-5-14-16(7-12)23-11(2)22-14/h3-9H,1-2H3,(H,22,23)(H,25,26). The first-order valence-corrected chi connectivity index (χ1v) is 8.28. The summed E-state index contributed by atoms with van der Waals surface area (Å²) in [5.41, 5.74) is 6.05. The number of aryl methyl sites for hydroxylation is 2. The smallest absolute Gasteiger partial charge is 0.198 e. The van der Waals surface area contributed by atoms with Crippen molar-refractivity contribution in [3.05, 3.63) is 54.4 Å². The van der Waals surface area contributed by atoms with Gasteiger partial charge in [-0.05, 0) is 49.2 Å². The summed E-state index contributed by atoms with van der Waals surface area (Å²) < 4.78 is 0. The van der Waals surface area contributed by atoms with E-state index in [1.165, 1.54) is 6.33 Å². The molecule has 26 heavy (non-hydrogen) atoms. The predicted molar refractivity (Wildman–Crippen MR) is 99.5 cm³/mol. The molecule has 0 amide bonds. The molecule has 0 fully saturated rings. The topological polar surface area (TPSA) is 96.0 Å². The second-order valence-electron chi connectivity index (χ2n) is 6.23. The summed E-state index contributed by atoms with van der Waals surface area (Å²) in [6, 6.07) is 12.4. The molecule has 3 heterocycles. The zero-order valence-electron chi connectivity index (χ0n) is 14.3. The minimum atomic E-state index is 0.546. The summed E-state index contributed by atoms with van der Waals surface area (Å²) in [5.74, 6) is 2.77. The molecule has 7 heteroatoms. The van der Waals surface area contributed by atoms with E-state index in [1.807, 2.05) is 26.0 Å². The summed E-state index contributed by atoms with van der Waals surface area (Å²) in [7, 11) is 0. The number of H-pyrrole nitrogens is 2. The van der Waals surface area contributed by atoms with Crippen molar-refractivity contribution in [2.45, 2.75) is 13.8 Å². The number of aromatic amines is 2. The van der Waals surface area contributed by atoms with Crippen LogP contribution >= 0.6 is 0 Å². The van der Waals surface area contributed by atoms with E-state index in [1.54, 1.807) is 0 Å². The van der Waals surface area contributed by atoms with Gasteiger partial charge in [-0.25, -0.2) is 24.9 Å².